The zero-order valence-corrected chi connectivity index (χ0v) is 12.8. The molecule has 0 saturated carbocycles. The van der Waals surface area contributed by atoms with Crippen molar-refractivity contribution in [3.8, 4) is 11.5 Å². The second-order valence-electron chi connectivity index (χ2n) is 5.51. The molecule has 1 N–H and O–H groups in total. The molecular formula is C18H21NO2. The second-order valence-corrected chi connectivity index (χ2v) is 5.51. The van der Waals surface area contributed by atoms with Gasteiger partial charge >= 0.3 is 0 Å². The van der Waals surface area contributed by atoms with E-state index in [0.717, 1.165) is 30.0 Å². The van der Waals surface area contributed by atoms with Crippen LogP contribution in [0.3, 0.4) is 0 Å². The molecule has 0 radical (unpaired) electrons. The summed E-state index contributed by atoms with van der Waals surface area (Å²) in [5.41, 5.74) is 5.25. The summed E-state index contributed by atoms with van der Waals surface area (Å²) in [6.45, 7) is 2.14. The lowest BCUT2D eigenvalue weighted by atomic mass is 10.0. The molecule has 3 nitrogen and oxygen atoms in total. The van der Waals surface area contributed by atoms with Gasteiger partial charge in [0.25, 0.3) is 0 Å². The van der Waals surface area contributed by atoms with Gasteiger partial charge in [0.2, 0.25) is 0 Å². The Hall–Kier alpha value is -2.16. The van der Waals surface area contributed by atoms with Gasteiger partial charge in [0, 0.05) is 11.8 Å². The molecule has 3 heteroatoms. The molecule has 1 unspecified atom stereocenters. The number of methoxy groups -OCH3 is 2. The van der Waals surface area contributed by atoms with E-state index in [4.69, 9.17) is 9.47 Å². The van der Waals surface area contributed by atoms with Crippen LogP contribution in [0.25, 0.3) is 0 Å². The number of fused-ring (bicyclic) bond motifs is 1. The SMILES string of the molecule is COc1ccc(NC2CCc3ccc(C)cc32)cc1OC. The second kappa shape index (κ2) is 5.68. The van der Waals surface area contributed by atoms with Gasteiger partial charge in [-0.2, -0.15) is 0 Å². The third kappa shape index (κ3) is 2.68. The van der Waals surface area contributed by atoms with Crippen molar-refractivity contribution < 1.29 is 9.47 Å². The minimum absolute atomic E-state index is 0.373. The summed E-state index contributed by atoms with van der Waals surface area (Å²) >= 11 is 0. The molecule has 0 spiro atoms. The first kappa shape index (κ1) is 13.8. The molecule has 110 valence electrons. The summed E-state index contributed by atoms with van der Waals surface area (Å²) in [5.74, 6) is 1.51. The summed E-state index contributed by atoms with van der Waals surface area (Å²) in [5, 5.41) is 3.61. The maximum absolute atomic E-state index is 5.36. The molecule has 0 bridgehead atoms. The van der Waals surface area contributed by atoms with Gasteiger partial charge in [-0.25, -0.2) is 0 Å². The molecule has 0 saturated heterocycles. The van der Waals surface area contributed by atoms with Crippen LogP contribution in [0.2, 0.25) is 0 Å². The predicted octanol–water partition coefficient (Wildman–Crippen LogP) is 4.11. The van der Waals surface area contributed by atoms with Crippen molar-refractivity contribution in [3.63, 3.8) is 0 Å². The predicted molar refractivity (Wildman–Crippen MR) is 85.4 cm³/mol. The Labute approximate surface area is 125 Å². The third-order valence-electron chi connectivity index (χ3n) is 4.10. The van der Waals surface area contributed by atoms with Crippen LogP contribution < -0.4 is 14.8 Å². The molecule has 2 aromatic carbocycles. The van der Waals surface area contributed by atoms with Gasteiger partial charge in [-0.15, -0.1) is 0 Å². The highest BCUT2D eigenvalue weighted by molar-refractivity contribution is 5.56. The highest BCUT2D eigenvalue weighted by atomic mass is 16.5. The van der Waals surface area contributed by atoms with E-state index in [9.17, 15) is 0 Å². The van der Waals surface area contributed by atoms with Crippen LogP contribution in [0.15, 0.2) is 36.4 Å². The largest absolute Gasteiger partial charge is 0.493 e. The zero-order chi connectivity index (χ0) is 14.8. The van der Waals surface area contributed by atoms with Gasteiger partial charge in [0.1, 0.15) is 0 Å². The normalized spacial score (nSPS) is 16.4. The standard InChI is InChI=1S/C18H21NO2/c1-12-4-5-13-6-8-16(15(13)10-12)19-14-7-9-17(20-2)18(11-14)21-3/h4-5,7,9-11,16,19H,6,8H2,1-3H3. The van der Waals surface area contributed by atoms with E-state index >= 15 is 0 Å². The van der Waals surface area contributed by atoms with Gasteiger partial charge in [0.05, 0.1) is 20.3 Å². The molecule has 2 aromatic rings. The molecule has 0 amide bonds. The fraction of sp³-hybridized carbons (Fsp3) is 0.333. The quantitative estimate of drug-likeness (QED) is 0.916. The van der Waals surface area contributed by atoms with Crippen LogP contribution >= 0.6 is 0 Å². The van der Waals surface area contributed by atoms with Gasteiger partial charge in [-0.05, 0) is 43.0 Å². The average molecular weight is 283 g/mol. The van der Waals surface area contributed by atoms with E-state index in [1.54, 1.807) is 14.2 Å². The van der Waals surface area contributed by atoms with E-state index < -0.39 is 0 Å². The lowest BCUT2D eigenvalue weighted by Crippen LogP contribution is -2.07. The summed E-state index contributed by atoms with van der Waals surface area (Å²) < 4.78 is 10.6. The van der Waals surface area contributed by atoms with Gasteiger partial charge in [-0.3, -0.25) is 0 Å². The molecule has 1 atom stereocenters. The van der Waals surface area contributed by atoms with Crippen molar-refractivity contribution in [2.75, 3.05) is 19.5 Å². The fourth-order valence-electron chi connectivity index (χ4n) is 3.00. The Balaban J connectivity index is 1.84. The minimum atomic E-state index is 0.373. The number of hydrogen-bond donors (Lipinski definition) is 1. The van der Waals surface area contributed by atoms with Crippen LogP contribution in [-0.4, -0.2) is 14.2 Å². The van der Waals surface area contributed by atoms with Crippen LogP contribution in [0, 0.1) is 6.92 Å². The number of hydrogen-bond acceptors (Lipinski definition) is 3. The Kier molecular flexibility index (Phi) is 3.74. The van der Waals surface area contributed by atoms with Crippen molar-refractivity contribution in [2.45, 2.75) is 25.8 Å². The average Bonchev–Trinajstić information content (AvgIpc) is 2.89. The summed E-state index contributed by atoms with van der Waals surface area (Å²) in [6.07, 6.45) is 2.27. The van der Waals surface area contributed by atoms with Crippen molar-refractivity contribution in [1.82, 2.24) is 0 Å². The Morgan fingerprint density at radius 2 is 1.81 bits per heavy atom. The number of aryl methyl sites for hydroxylation is 2. The first-order valence-corrected chi connectivity index (χ1v) is 7.29. The summed E-state index contributed by atoms with van der Waals surface area (Å²) in [6, 6.07) is 13.1. The topological polar surface area (TPSA) is 30.5 Å². The number of anilines is 1. The molecule has 0 heterocycles. The van der Waals surface area contributed by atoms with Gasteiger partial charge < -0.3 is 14.8 Å². The Morgan fingerprint density at radius 1 is 1.00 bits per heavy atom. The molecule has 21 heavy (non-hydrogen) atoms. The van der Waals surface area contributed by atoms with Crippen molar-refractivity contribution in [3.05, 3.63) is 53.1 Å². The Bertz CT molecular complexity index is 652. The molecule has 0 aromatic heterocycles. The van der Waals surface area contributed by atoms with Crippen LogP contribution in [-0.2, 0) is 6.42 Å². The van der Waals surface area contributed by atoms with Crippen LogP contribution in [0.5, 0.6) is 11.5 Å². The molecule has 0 aliphatic heterocycles. The Morgan fingerprint density at radius 3 is 2.57 bits per heavy atom. The monoisotopic (exact) mass is 283 g/mol. The minimum Gasteiger partial charge on any atom is -0.493 e. The molecule has 1 aliphatic carbocycles. The highest BCUT2D eigenvalue weighted by Gasteiger charge is 2.22. The smallest absolute Gasteiger partial charge is 0.162 e. The zero-order valence-electron chi connectivity index (χ0n) is 12.8. The van der Waals surface area contributed by atoms with Crippen molar-refractivity contribution in [2.24, 2.45) is 0 Å². The van der Waals surface area contributed by atoms with Gasteiger partial charge in [-0.1, -0.05) is 23.8 Å². The molecule has 1 aliphatic rings. The maximum atomic E-state index is 5.36. The number of ether oxygens (including phenoxy) is 2. The lowest BCUT2D eigenvalue weighted by molar-refractivity contribution is 0.355. The summed E-state index contributed by atoms with van der Waals surface area (Å²) in [7, 11) is 3.32. The van der Waals surface area contributed by atoms with E-state index in [0.29, 0.717) is 6.04 Å². The lowest BCUT2D eigenvalue weighted by Gasteiger charge is -2.17. The van der Waals surface area contributed by atoms with E-state index in [1.165, 1.54) is 16.7 Å². The first-order valence-electron chi connectivity index (χ1n) is 7.29. The number of rotatable bonds is 4. The summed E-state index contributed by atoms with van der Waals surface area (Å²) in [4.78, 5) is 0. The maximum Gasteiger partial charge on any atom is 0.162 e. The fourth-order valence-corrected chi connectivity index (χ4v) is 3.00. The first-order chi connectivity index (χ1) is 10.2. The molecular weight excluding hydrogens is 262 g/mol. The van der Waals surface area contributed by atoms with E-state index in [2.05, 4.69) is 30.4 Å². The highest BCUT2D eigenvalue weighted by Crippen LogP contribution is 2.36. The van der Waals surface area contributed by atoms with Crippen molar-refractivity contribution >= 4 is 5.69 Å². The van der Waals surface area contributed by atoms with Crippen molar-refractivity contribution in [1.29, 1.82) is 0 Å². The van der Waals surface area contributed by atoms with E-state index in [1.807, 2.05) is 18.2 Å². The van der Waals surface area contributed by atoms with Crippen LogP contribution in [0.1, 0.15) is 29.2 Å². The van der Waals surface area contributed by atoms with Crippen LogP contribution in [0.4, 0.5) is 5.69 Å². The third-order valence-corrected chi connectivity index (χ3v) is 4.10. The molecule has 3 rings (SSSR count). The number of benzene rings is 2. The number of nitrogens with one attached hydrogen (secondary N) is 1. The van der Waals surface area contributed by atoms with Gasteiger partial charge in [0.15, 0.2) is 11.5 Å². The molecule has 0 fully saturated rings. The van der Waals surface area contributed by atoms with E-state index in [-0.39, 0.29) is 0 Å².